The molecule has 0 spiro atoms. The summed E-state index contributed by atoms with van der Waals surface area (Å²) >= 11 is 0. The Balaban J connectivity index is 1.59. The number of rotatable bonds is 4. The zero-order valence-corrected chi connectivity index (χ0v) is 16.4. The Morgan fingerprint density at radius 3 is 2.43 bits per heavy atom. The van der Waals surface area contributed by atoms with Crippen molar-refractivity contribution in [2.24, 2.45) is 0 Å². The number of nitrogens with zero attached hydrogens (tertiary/aromatic N) is 2. The van der Waals surface area contributed by atoms with Gasteiger partial charge in [0.25, 0.3) is 0 Å². The molecule has 1 atom stereocenters. The summed E-state index contributed by atoms with van der Waals surface area (Å²) in [7, 11) is 0. The Labute approximate surface area is 166 Å². The molecule has 2 aromatic carbocycles. The summed E-state index contributed by atoms with van der Waals surface area (Å²) in [6, 6.07) is 15.6. The number of carbonyl (C=O) groups is 2. The Kier molecular flexibility index (Phi) is 5.33. The minimum Gasteiger partial charge on any atom is -0.370 e. The van der Waals surface area contributed by atoms with Crippen molar-refractivity contribution in [2.45, 2.75) is 38.6 Å². The third kappa shape index (κ3) is 3.75. The molecule has 5 nitrogen and oxygen atoms in total. The van der Waals surface area contributed by atoms with E-state index >= 15 is 0 Å². The van der Waals surface area contributed by atoms with Crippen LogP contribution in [-0.4, -0.2) is 36.3 Å². The SMILES string of the molecule is CC(=O)N1CCc2cc(NC(C(=O)N3CCCCC3)c3ccccc3)ccc21. The van der Waals surface area contributed by atoms with Crippen molar-refractivity contribution in [3.05, 3.63) is 59.7 Å². The fourth-order valence-electron chi connectivity index (χ4n) is 4.22. The summed E-state index contributed by atoms with van der Waals surface area (Å²) in [4.78, 5) is 28.9. The Bertz CT molecular complexity index is 859. The van der Waals surface area contributed by atoms with Crippen molar-refractivity contribution in [2.75, 3.05) is 29.9 Å². The molecule has 2 aromatic rings. The van der Waals surface area contributed by atoms with Gasteiger partial charge in [-0.05, 0) is 55.0 Å². The highest BCUT2D eigenvalue weighted by Gasteiger charge is 2.28. The summed E-state index contributed by atoms with van der Waals surface area (Å²) in [5, 5.41) is 3.47. The minimum atomic E-state index is -0.400. The normalized spacial score (nSPS) is 17.2. The van der Waals surface area contributed by atoms with E-state index in [1.54, 1.807) is 6.92 Å². The Morgan fingerprint density at radius 2 is 1.71 bits per heavy atom. The van der Waals surface area contributed by atoms with Gasteiger partial charge in [-0.1, -0.05) is 30.3 Å². The number of piperidine rings is 1. The first kappa shape index (κ1) is 18.5. The van der Waals surface area contributed by atoms with Crippen LogP contribution in [0, 0.1) is 0 Å². The number of nitrogens with one attached hydrogen (secondary N) is 1. The average Bonchev–Trinajstić information content (AvgIpc) is 3.16. The van der Waals surface area contributed by atoms with Gasteiger partial charge in [0.05, 0.1) is 0 Å². The second-order valence-corrected chi connectivity index (χ2v) is 7.64. The van der Waals surface area contributed by atoms with Crippen LogP contribution in [-0.2, 0) is 16.0 Å². The summed E-state index contributed by atoms with van der Waals surface area (Å²) in [5.74, 6) is 0.207. The van der Waals surface area contributed by atoms with Gasteiger partial charge < -0.3 is 15.1 Å². The van der Waals surface area contributed by atoms with Crippen LogP contribution in [0.1, 0.15) is 43.4 Å². The smallest absolute Gasteiger partial charge is 0.249 e. The fraction of sp³-hybridized carbons (Fsp3) is 0.391. The van der Waals surface area contributed by atoms with Gasteiger partial charge in [0.2, 0.25) is 11.8 Å². The molecule has 0 bridgehead atoms. The lowest BCUT2D eigenvalue weighted by Gasteiger charge is -2.31. The summed E-state index contributed by atoms with van der Waals surface area (Å²) in [6.45, 7) is 4.00. The second kappa shape index (κ2) is 8.05. The molecule has 5 heteroatoms. The predicted molar refractivity (Wildman–Crippen MR) is 111 cm³/mol. The molecule has 1 fully saturated rings. The lowest BCUT2D eigenvalue weighted by molar-refractivity contribution is -0.133. The molecule has 1 N–H and O–H groups in total. The van der Waals surface area contributed by atoms with Crippen molar-refractivity contribution in [1.29, 1.82) is 0 Å². The molecule has 2 heterocycles. The van der Waals surface area contributed by atoms with Crippen LogP contribution < -0.4 is 10.2 Å². The van der Waals surface area contributed by atoms with Gasteiger partial charge in [-0.15, -0.1) is 0 Å². The lowest BCUT2D eigenvalue weighted by Crippen LogP contribution is -2.41. The average molecular weight is 377 g/mol. The van der Waals surface area contributed by atoms with E-state index in [1.807, 2.05) is 52.3 Å². The first-order valence-electron chi connectivity index (χ1n) is 10.1. The van der Waals surface area contributed by atoms with Crippen molar-refractivity contribution >= 4 is 23.2 Å². The molecule has 4 rings (SSSR count). The largest absolute Gasteiger partial charge is 0.370 e. The topological polar surface area (TPSA) is 52.7 Å². The van der Waals surface area contributed by atoms with Gasteiger partial charge in [-0.3, -0.25) is 9.59 Å². The maximum Gasteiger partial charge on any atom is 0.249 e. The van der Waals surface area contributed by atoms with Crippen molar-refractivity contribution < 1.29 is 9.59 Å². The molecule has 1 saturated heterocycles. The zero-order chi connectivity index (χ0) is 19.5. The molecular weight excluding hydrogens is 350 g/mol. The van der Waals surface area contributed by atoms with E-state index in [-0.39, 0.29) is 11.8 Å². The summed E-state index contributed by atoms with van der Waals surface area (Å²) < 4.78 is 0. The molecule has 2 aliphatic heterocycles. The van der Waals surface area contributed by atoms with Crippen LogP contribution in [0.4, 0.5) is 11.4 Å². The highest BCUT2D eigenvalue weighted by atomic mass is 16.2. The number of carbonyl (C=O) groups excluding carboxylic acids is 2. The van der Waals surface area contributed by atoms with Crippen molar-refractivity contribution in [3.8, 4) is 0 Å². The number of hydrogen-bond acceptors (Lipinski definition) is 3. The van der Waals surface area contributed by atoms with Crippen LogP contribution in [0.25, 0.3) is 0 Å². The number of amides is 2. The maximum absolute atomic E-state index is 13.3. The molecule has 0 radical (unpaired) electrons. The molecule has 1 unspecified atom stereocenters. The van der Waals surface area contributed by atoms with Gasteiger partial charge in [0.1, 0.15) is 6.04 Å². The van der Waals surface area contributed by atoms with Gasteiger partial charge in [-0.2, -0.15) is 0 Å². The van der Waals surface area contributed by atoms with Gasteiger partial charge in [0.15, 0.2) is 0 Å². The van der Waals surface area contributed by atoms with Crippen molar-refractivity contribution in [1.82, 2.24) is 4.90 Å². The number of benzene rings is 2. The van der Waals surface area contributed by atoms with E-state index in [2.05, 4.69) is 11.4 Å². The molecule has 0 saturated carbocycles. The van der Waals surface area contributed by atoms with Crippen LogP contribution in [0.3, 0.4) is 0 Å². The third-order valence-corrected chi connectivity index (χ3v) is 5.71. The van der Waals surface area contributed by atoms with E-state index in [9.17, 15) is 9.59 Å². The summed E-state index contributed by atoms with van der Waals surface area (Å²) in [6.07, 6.45) is 4.20. The Morgan fingerprint density at radius 1 is 0.964 bits per heavy atom. The van der Waals surface area contributed by atoms with E-state index < -0.39 is 6.04 Å². The zero-order valence-electron chi connectivity index (χ0n) is 16.4. The van der Waals surface area contributed by atoms with E-state index in [1.165, 1.54) is 6.42 Å². The first-order valence-corrected chi connectivity index (χ1v) is 10.1. The number of hydrogen-bond donors (Lipinski definition) is 1. The molecule has 28 heavy (non-hydrogen) atoms. The molecule has 0 aliphatic carbocycles. The lowest BCUT2D eigenvalue weighted by atomic mass is 10.0. The van der Waals surface area contributed by atoms with Gasteiger partial charge in [0, 0.05) is 37.9 Å². The monoisotopic (exact) mass is 377 g/mol. The van der Waals surface area contributed by atoms with E-state index in [0.717, 1.165) is 61.4 Å². The highest BCUT2D eigenvalue weighted by molar-refractivity contribution is 5.94. The standard InChI is InChI=1S/C23H27N3O2/c1-17(27)26-15-12-19-16-20(10-11-21(19)26)24-22(18-8-4-2-5-9-18)23(28)25-13-6-3-7-14-25/h2,4-5,8-11,16,22,24H,3,6-7,12-15H2,1H3. The van der Waals surface area contributed by atoms with Gasteiger partial charge >= 0.3 is 0 Å². The number of fused-ring (bicyclic) bond motifs is 1. The van der Waals surface area contributed by atoms with E-state index in [4.69, 9.17) is 0 Å². The van der Waals surface area contributed by atoms with Crippen molar-refractivity contribution in [3.63, 3.8) is 0 Å². The number of likely N-dealkylation sites (tertiary alicyclic amines) is 1. The van der Waals surface area contributed by atoms with Crippen LogP contribution in [0.2, 0.25) is 0 Å². The molecule has 2 aliphatic rings. The van der Waals surface area contributed by atoms with Gasteiger partial charge in [-0.25, -0.2) is 0 Å². The highest BCUT2D eigenvalue weighted by Crippen LogP contribution is 2.32. The van der Waals surface area contributed by atoms with E-state index in [0.29, 0.717) is 0 Å². The predicted octanol–water partition coefficient (Wildman–Crippen LogP) is 3.76. The van der Waals surface area contributed by atoms with Crippen LogP contribution >= 0.6 is 0 Å². The maximum atomic E-state index is 13.3. The third-order valence-electron chi connectivity index (χ3n) is 5.71. The second-order valence-electron chi connectivity index (χ2n) is 7.64. The molecule has 2 amide bonds. The quantitative estimate of drug-likeness (QED) is 0.883. The Hall–Kier alpha value is -2.82. The fourth-order valence-corrected chi connectivity index (χ4v) is 4.22. The molecule has 0 aromatic heterocycles. The number of anilines is 2. The van der Waals surface area contributed by atoms with Crippen LogP contribution in [0.15, 0.2) is 48.5 Å². The molecular formula is C23H27N3O2. The summed E-state index contributed by atoms with van der Waals surface area (Å²) in [5.41, 5.74) is 4.03. The first-order chi connectivity index (χ1) is 13.6. The minimum absolute atomic E-state index is 0.0712. The molecule has 146 valence electrons. The van der Waals surface area contributed by atoms with Crippen LogP contribution in [0.5, 0.6) is 0 Å².